The van der Waals surface area contributed by atoms with Gasteiger partial charge in [0, 0.05) is 0 Å². The SMILES string of the molecule is CCCCc1cccc(O[SiH2]CC[SiH2]Oc2cccc(CCCC)c2CCCC)c1CCCC. The molecule has 0 aliphatic carbocycles. The zero-order valence-electron chi connectivity index (χ0n) is 22.6. The van der Waals surface area contributed by atoms with E-state index in [0.29, 0.717) is 0 Å². The Morgan fingerprint density at radius 1 is 0.529 bits per heavy atom. The first kappa shape index (κ1) is 28.7. The van der Waals surface area contributed by atoms with Gasteiger partial charge < -0.3 is 8.85 Å². The summed E-state index contributed by atoms with van der Waals surface area (Å²) < 4.78 is 12.9. The van der Waals surface area contributed by atoms with Gasteiger partial charge in [-0.05, 0) is 97.8 Å². The molecule has 0 aliphatic rings. The van der Waals surface area contributed by atoms with Gasteiger partial charge in [0.1, 0.15) is 11.5 Å². The molecule has 0 saturated heterocycles. The highest BCUT2D eigenvalue weighted by atomic mass is 28.2. The average Bonchev–Trinajstić information content (AvgIpc) is 2.86. The summed E-state index contributed by atoms with van der Waals surface area (Å²) in [6.45, 7) is 9.11. The monoisotopic (exact) mass is 498 g/mol. The van der Waals surface area contributed by atoms with Crippen molar-refractivity contribution in [1.82, 2.24) is 0 Å². The van der Waals surface area contributed by atoms with Crippen molar-refractivity contribution in [3.05, 3.63) is 58.7 Å². The largest absolute Gasteiger partial charge is 0.549 e. The van der Waals surface area contributed by atoms with E-state index < -0.39 is 19.5 Å². The lowest BCUT2D eigenvalue weighted by Gasteiger charge is -2.17. The Balaban J connectivity index is 1.87. The van der Waals surface area contributed by atoms with Crippen molar-refractivity contribution in [2.45, 2.75) is 117 Å². The van der Waals surface area contributed by atoms with Crippen LogP contribution in [0.3, 0.4) is 0 Å². The summed E-state index contributed by atoms with van der Waals surface area (Å²) in [5.41, 5.74) is 6.01. The molecular formula is C30H50O2Si2. The Morgan fingerprint density at radius 3 is 1.29 bits per heavy atom. The van der Waals surface area contributed by atoms with Crippen molar-refractivity contribution in [3.8, 4) is 11.5 Å². The Morgan fingerprint density at radius 2 is 0.912 bits per heavy atom. The molecule has 2 aromatic rings. The maximum Gasteiger partial charge on any atom is 0.219 e. The van der Waals surface area contributed by atoms with Gasteiger partial charge in [0.05, 0.1) is 0 Å². The van der Waals surface area contributed by atoms with Crippen molar-refractivity contribution in [1.29, 1.82) is 0 Å². The van der Waals surface area contributed by atoms with Gasteiger partial charge in [0.2, 0.25) is 19.5 Å². The fraction of sp³-hybridized carbons (Fsp3) is 0.600. The number of rotatable bonds is 19. The Labute approximate surface area is 215 Å². The topological polar surface area (TPSA) is 18.5 Å². The maximum atomic E-state index is 6.45. The molecule has 0 amide bonds. The van der Waals surface area contributed by atoms with E-state index in [-0.39, 0.29) is 0 Å². The Bertz CT molecular complexity index is 739. The zero-order chi connectivity index (χ0) is 24.4. The van der Waals surface area contributed by atoms with Crippen LogP contribution in [0.5, 0.6) is 11.5 Å². The molecule has 0 heterocycles. The van der Waals surface area contributed by atoms with Gasteiger partial charge in [-0.15, -0.1) is 0 Å². The lowest BCUT2D eigenvalue weighted by Crippen LogP contribution is -2.10. The lowest BCUT2D eigenvalue weighted by molar-refractivity contribution is 0.567. The van der Waals surface area contributed by atoms with E-state index in [2.05, 4.69) is 64.1 Å². The standard InChI is InChI=1S/C30H50O2Si2/c1-5-9-15-25-17-13-21-29(27(25)19-11-7-3)31-33-23-24-34-32-30-22-14-18-26(16-10-6-2)28(30)20-12-8-4/h13-14,17-18,21-22H,5-12,15-16,19-20,23-24,33-34H2,1-4H3. The third-order valence-electron chi connectivity index (χ3n) is 6.67. The highest BCUT2D eigenvalue weighted by molar-refractivity contribution is 6.35. The molecule has 2 nitrogen and oxygen atoms in total. The van der Waals surface area contributed by atoms with Gasteiger partial charge in [-0.1, -0.05) is 77.6 Å². The highest BCUT2D eigenvalue weighted by Gasteiger charge is 2.11. The van der Waals surface area contributed by atoms with Crippen molar-refractivity contribution in [2.75, 3.05) is 0 Å². The van der Waals surface area contributed by atoms with Crippen LogP contribution in [0, 0.1) is 0 Å². The van der Waals surface area contributed by atoms with E-state index in [1.54, 1.807) is 0 Å². The van der Waals surface area contributed by atoms with Crippen molar-refractivity contribution in [2.24, 2.45) is 0 Å². The van der Waals surface area contributed by atoms with E-state index >= 15 is 0 Å². The van der Waals surface area contributed by atoms with Crippen LogP contribution in [0.15, 0.2) is 36.4 Å². The summed E-state index contributed by atoms with van der Waals surface area (Å²) in [6.07, 6.45) is 14.7. The van der Waals surface area contributed by atoms with E-state index in [9.17, 15) is 0 Å². The van der Waals surface area contributed by atoms with Gasteiger partial charge in [0.15, 0.2) is 0 Å². The molecule has 0 unspecified atom stereocenters. The number of unbranched alkanes of at least 4 members (excludes halogenated alkanes) is 4. The van der Waals surface area contributed by atoms with Crippen LogP contribution in [-0.4, -0.2) is 19.5 Å². The van der Waals surface area contributed by atoms with Crippen molar-refractivity contribution < 1.29 is 8.85 Å². The molecular weight excluding hydrogens is 449 g/mol. The van der Waals surface area contributed by atoms with Gasteiger partial charge >= 0.3 is 0 Å². The third-order valence-corrected chi connectivity index (χ3v) is 10.3. The quantitative estimate of drug-likeness (QED) is 0.147. The third kappa shape index (κ3) is 9.99. The molecule has 0 bridgehead atoms. The first-order valence-electron chi connectivity index (χ1n) is 14.2. The summed E-state index contributed by atoms with van der Waals surface area (Å²) in [5.74, 6) is 2.36. The van der Waals surface area contributed by atoms with Crippen LogP contribution in [0.1, 0.15) is 101 Å². The summed E-state index contributed by atoms with van der Waals surface area (Å²) >= 11 is 0. The molecule has 0 N–H and O–H groups in total. The second kappa shape index (κ2) is 17.8. The number of hydrogen-bond acceptors (Lipinski definition) is 2. The molecule has 0 atom stereocenters. The first-order chi connectivity index (χ1) is 16.7. The minimum atomic E-state index is -0.554. The van der Waals surface area contributed by atoms with Crippen LogP contribution >= 0.6 is 0 Å². The molecule has 0 saturated carbocycles. The van der Waals surface area contributed by atoms with Crippen LogP contribution in [0.2, 0.25) is 12.1 Å². The fourth-order valence-electron chi connectivity index (χ4n) is 4.54. The van der Waals surface area contributed by atoms with E-state index in [1.165, 1.54) is 110 Å². The summed E-state index contributed by atoms with van der Waals surface area (Å²) in [4.78, 5) is 0. The van der Waals surface area contributed by atoms with Crippen LogP contribution < -0.4 is 8.85 Å². The molecule has 0 spiro atoms. The molecule has 0 fully saturated rings. The number of hydrogen-bond donors (Lipinski definition) is 0. The molecule has 34 heavy (non-hydrogen) atoms. The number of benzene rings is 2. The normalized spacial score (nSPS) is 11.8. The molecule has 190 valence electrons. The molecule has 2 aromatic carbocycles. The van der Waals surface area contributed by atoms with E-state index in [1.807, 2.05) is 0 Å². The van der Waals surface area contributed by atoms with Crippen LogP contribution in [-0.2, 0) is 25.7 Å². The molecule has 4 heteroatoms. The van der Waals surface area contributed by atoms with Crippen LogP contribution in [0.25, 0.3) is 0 Å². The van der Waals surface area contributed by atoms with Gasteiger partial charge in [-0.2, -0.15) is 0 Å². The van der Waals surface area contributed by atoms with Gasteiger partial charge in [-0.3, -0.25) is 0 Å². The van der Waals surface area contributed by atoms with E-state index in [0.717, 1.165) is 12.8 Å². The zero-order valence-corrected chi connectivity index (χ0v) is 25.4. The fourth-order valence-corrected chi connectivity index (χ4v) is 7.44. The first-order valence-corrected chi connectivity index (χ1v) is 17.4. The molecule has 0 aliphatic heterocycles. The van der Waals surface area contributed by atoms with E-state index in [4.69, 9.17) is 8.85 Å². The van der Waals surface area contributed by atoms with Crippen molar-refractivity contribution >= 4 is 19.5 Å². The Kier molecular flexibility index (Phi) is 15.1. The van der Waals surface area contributed by atoms with Gasteiger partial charge in [0.25, 0.3) is 0 Å². The maximum absolute atomic E-state index is 6.45. The predicted molar refractivity (Wildman–Crippen MR) is 155 cm³/mol. The Hall–Kier alpha value is -1.53. The highest BCUT2D eigenvalue weighted by Crippen LogP contribution is 2.27. The minimum absolute atomic E-state index is 0.554. The summed E-state index contributed by atoms with van der Waals surface area (Å²) in [5, 5.41) is 0. The van der Waals surface area contributed by atoms with Crippen LogP contribution in [0.4, 0.5) is 0 Å². The predicted octanol–water partition coefficient (Wildman–Crippen LogP) is 7.52. The summed E-state index contributed by atoms with van der Waals surface area (Å²) in [6, 6.07) is 15.9. The van der Waals surface area contributed by atoms with Crippen molar-refractivity contribution in [3.63, 3.8) is 0 Å². The minimum Gasteiger partial charge on any atom is -0.549 e. The van der Waals surface area contributed by atoms with Gasteiger partial charge in [-0.25, -0.2) is 0 Å². The number of aryl methyl sites for hydroxylation is 2. The second-order valence-electron chi connectivity index (χ2n) is 9.61. The second-order valence-corrected chi connectivity index (χ2v) is 12.4. The molecule has 2 rings (SSSR count). The smallest absolute Gasteiger partial charge is 0.219 e. The molecule has 0 radical (unpaired) electrons. The molecule has 0 aromatic heterocycles. The lowest BCUT2D eigenvalue weighted by atomic mass is 9.97. The summed E-state index contributed by atoms with van der Waals surface area (Å²) in [7, 11) is -1.11. The average molecular weight is 499 g/mol.